The van der Waals surface area contributed by atoms with E-state index in [4.69, 9.17) is 4.43 Å². The lowest BCUT2D eigenvalue weighted by Gasteiger charge is -2.63. The molecule has 0 radical (unpaired) electrons. The van der Waals surface area contributed by atoms with E-state index in [0.29, 0.717) is 22.9 Å². The maximum atomic E-state index is 11.7. The first-order valence-corrected chi connectivity index (χ1v) is 16.0. The molecule has 4 fully saturated rings. The van der Waals surface area contributed by atoms with Crippen LogP contribution in [0.25, 0.3) is 0 Å². The maximum absolute atomic E-state index is 11.7. The summed E-state index contributed by atoms with van der Waals surface area (Å²) >= 11 is 0. The van der Waals surface area contributed by atoms with Crippen molar-refractivity contribution in [2.75, 3.05) is 0 Å². The van der Waals surface area contributed by atoms with Crippen LogP contribution in [0.4, 0.5) is 0 Å². The minimum atomic E-state index is -1.59. The van der Waals surface area contributed by atoms with Gasteiger partial charge in [-0.3, -0.25) is 0 Å². The molecule has 4 aliphatic carbocycles. The smallest absolute Gasteiger partial charge is 0.184 e. The molecule has 29 heavy (non-hydrogen) atoms. The molecular formula is C26H46O2Si. The molecule has 4 aliphatic rings. The molecule has 10 atom stereocenters. The van der Waals surface area contributed by atoms with Gasteiger partial charge in [-0.2, -0.15) is 0 Å². The minimum absolute atomic E-state index is 0.209. The zero-order valence-electron chi connectivity index (χ0n) is 20.2. The Labute approximate surface area is 181 Å². The van der Waals surface area contributed by atoms with E-state index in [1.165, 1.54) is 57.7 Å². The Morgan fingerprint density at radius 2 is 1.62 bits per heavy atom. The second-order valence-corrected chi connectivity index (χ2v) is 17.6. The van der Waals surface area contributed by atoms with Crippen molar-refractivity contribution < 1.29 is 9.22 Å². The molecule has 0 aromatic carbocycles. The lowest BCUT2D eigenvalue weighted by Crippen LogP contribution is -2.60. The molecule has 0 aromatic heterocycles. The molecule has 0 unspecified atom stereocenters. The predicted octanol–water partition coefficient (Wildman–Crippen LogP) is 6.95. The van der Waals surface area contributed by atoms with Crippen LogP contribution < -0.4 is 0 Å². The first-order valence-electron chi connectivity index (χ1n) is 12.6. The third kappa shape index (κ3) is 3.60. The van der Waals surface area contributed by atoms with Crippen LogP contribution in [0.1, 0.15) is 79.1 Å². The van der Waals surface area contributed by atoms with Gasteiger partial charge in [0.05, 0.1) is 0 Å². The number of fused-ring (bicyclic) bond motifs is 5. The molecule has 2 nitrogen and oxygen atoms in total. The summed E-state index contributed by atoms with van der Waals surface area (Å²) in [5.41, 5.74) is 0.861. The van der Waals surface area contributed by atoms with Crippen LogP contribution in [0.3, 0.4) is 0 Å². The highest BCUT2D eigenvalue weighted by Crippen LogP contribution is 2.68. The fourth-order valence-corrected chi connectivity index (χ4v) is 10.1. The summed E-state index contributed by atoms with van der Waals surface area (Å²) < 4.78 is 7.02. The van der Waals surface area contributed by atoms with E-state index in [1.807, 2.05) is 0 Å². The Kier molecular flexibility index (Phi) is 5.68. The van der Waals surface area contributed by atoms with Crippen molar-refractivity contribution in [1.82, 2.24) is 0 Å². The zero-order chi connectivity index (χ0) is 21.2. The summed E-state index contributed by atoms with van der Waals surface area (Å²) in [6.07, 6.45) is 12.5. The van der Waals surface area contributed by atoms with Gasteiger partial charge in [0.2, 0.25) is 0 Å². The van der Waals surface area contributed by atoms with E-state index in [2.05, 4.69) is 47.3 Å². The SMILES string of the molecule is C[C@@H]1CC[C@@]2(C)[C@@H](C1)C[C@@H](O[Si](C)(C)C)[C@@H]1[C@@H]2CC[C@]2(C)[C@@H]([C@H](C)C=O)CC[C@@H]12. The number of carbonyl (C=O) groups is 1. The Hall–Kier alpha value is -0.153. The first kappa shape index (κ1) is 22.1. The second kappa shape index (κ2) is 7.47. The van der Waals surface area contributed by atoms with Gasteiger partial charge in [0.25, 0.3) is 0 Å². The highest BCUT2D eigenvalue weighted by molar-refractivity contribution is 6.69. The summed E-state index contributed by atoms with van der Waals surface area (Å²) in [6.45, 7) is 17.0. The molecule has 4 rings (SSSR count). The molecular weight excluding hydrogens is 372 g/mol. The van der Waals surface area contributed by atoms with Crippen LogP contribution in [0.5, 0.6) is 0 Å². The zero-order valence-corrected chi connectivity index (χ0v) is 21.2. The molecule has 0 N–H and O–H groups in total. The van der Waals surface area contributed by atoms with Crippen molar-refractivity contribution in [1.29, 1.82) is 0 Å². The average molecular weight is 419 g/mol. The van der Waals surface area contributed by atoms with Crippen LogP contribution in [0.15, 0.2) is 0 Å². The molecule has 3 heteroatoms. The van der Waals surface area contributed by atoms with Gasteiger partial charge in [-0.15, -0.1) is 0 Å². The van der Waals surface area contributed by atoms with Gasteiger partial charge in [-0.1, -0.05) is 34.1 Å². The van der Waals surface area contributed by atoms with Gasteiger partial charge in [0.15, 0.2) is 8.32 Å². The minimum Gasteiger partial charge on any atom is -0.414 e. The summed E-state index contributed by atoms with van der Waals surface area (Å²) in [4.78, 5) is 11.7. The van der Waals surface area contributed by atoms with Crippen LogP contribution >= 0.6 is 0 Å². The summed E-state index contributed by atoms with van der Waals surface area (Å²) in [5, 5.41) is 0. The van der Waals surface area contributed by atoms with Gasteiger partial charge >= 0.3 is 0 Å². The molecule has 0 saturated heterocycles. The molecule has 166 valence electrons. The molecule has 0 aliphatic heterocycles. The maximum Gasteiger partial charge on any atom is 0.184 e. The predicted molar refractivity (Wildman–Crippen MR) is 123 cm³/mol. The van der Waals surface area contributed by atoms with Crippen molar-refractivity contribution >= 4 is 14.6 Å². The third-order valence-electron chi connectivity index (χ3n) is 10.3. The summed E-state index contributed by atoms with van der Waals surface area (Å²) in [5.74, 6) is 4.83. The van der Waals surface area contributed by atoms with Crippen LogP contribution in [0, 0.1) is 52.3 Å². The summed E-state index contributed by atoms with van der Waals surface area (Å²) in [6, 6.07) is 0. The van der Waals surface area contributed by atoms with Gasteiger partial charge in [-0.25, -0.2) is 0 Å². The van der Waals surface area contributed by atoms with Crippen molar-refractivity contribution in [3.8, 4) is 0 Å². The van der Waals surface area contributed by atoms with E-state index < -0.39 is 8.32 Å². The Bertz CT molecular complexity index is 627. The second-order valence-electron chi connectivity index (χ2n) is 13.1. The van der Waals surface area contributed by atoms with Crippen molar-refractivity contribution in [2.24, 2.45) is 52.3 Å². The van der Waals surface area contributed by atoms with E-state index in [9.17, 15) is 4.79 Å². The number of rotatable bonds is 4. The molecule has 0 bridgehead atoms. The lowest BCUT2D eigenvalue weighted by atomic mass is 9.43. The third-order valence-corrected chi connectivity index (χ3v) is 11.4. The fourth-order valence-electron chi connectivity index (χ4n) is 8.99. The topological polar surface area (TPSA) is 26.3 Å². The van der Waals surface area contributed by atoms with Crippen LogP contribution in [0.2, 0.25) is 19.6 Å². The highest BCUT2D eigenvalue weighted by Gasteiger charge is 2.63. The molecule has 0 aromatic rings. The fraction of sp³-hybridized carbons (Fsp3) is 0.962. The number of carbonyl (C=O) groups excluding carboxylic acids is 1. The van der Waals surface area contributed by atoms with Gasteiger partial charge in [0, 0.05) is 12.0 Å². The largest absolute Gasteiger partial charge is 0.414 e. The molecule has 4 saturated carbocycles. The normalized spacial score (nSPS) is 50.9. The monoisotopic (exact) mass is 418 g/mol. The number of hydrogen-bond acceptors (Lipinski definition) is 2. The first-order chi connectivity index (χ1) is 13.5. The van der Waals surface area contributed by atoms with Crippen molar-refractivity contribution in [2.45, 2.75) is 105 Å². The summed E-state index contributed by atoms with van der Waals surface area (Å²) in [7, 11) is -1.59. The van der Waals surface area contributed by atoms with E-state index in [0.717, 1.165) is 29.6 Å². The molecule has 0 amide bonds. The van der Waals surface area contributed by atoms with Gasteiger partial charge < -0.3 is 9.22 Å². The highest BCUT2D eigenvalue weighted by atomic mass is 28.4. The van der Waals surface area contributed by atoms with E-state index in [-0.39, 0.29) is 5.92 Å². The van der Waals surface area contributed by atoms with E-state index >= 15 is 0 Å². The van der Waals surface area contributed by atoms with Gasteiger partial charge in [-0.05, 0) is 111 Å². The Morgan fingerprint density at radius 1 is 0.966 bits per heavy atom. The van der Waals surface area contributed by atoms with Crippen LogP contribution in [-0.4, -0.2) is 20.7 Å². The lowest BCUT2D eigenvalue weighted by molar-refractivity contribution is -0.164. The number of hydrogen-bond donors (Lipinski definition) is 0. The molecule has 0 heterocycles. The standard InChI is InChI=1S/C26H46O2Si/c1-17-10-12-25(3)19(14-17)15-23(28-29(5,6)7)24-21-9-8-20(18(2)16-27)26(21,4)13-11-22(24)25/h16-24H,8-15H2,1-7H3/t17-,18-,19+,20-,21+,22+,23-,24+,25+,26-/m1/s1. The Morgan fingerprint density at radius 3 is 2.28 bits per heavy atom. The molecule has 0 spiro atoms. The Balaban J connectivity index is 1.70. The van der Waals surface area contributed by atoms with Gasteiger partial charge in [0.1, 0.15) is 6.29 Å². The number of aldehydes is 1. The van der Waals surface area contributed by atoms with E-state index in [1.54, 1.807) is 0 Å². The van der Waals surface area contributed by atoms with Crippen LogP contribution in [-0.2, 0) is 9.22 Å². The van der Waals surface area contributed by atoms with Crippen molar-refractivity contribution in [3.05, 3.63) is 0 Å². The van der Waals surface area contributed by atoms with Crippen molar-refractivity contribution in [3.63, 3.8) is 0 Å². The average Bonchev–Trinajstić information content (AvgIpc) is 2.98. The quantitative estimate of drug-likeness (QED) is 0.365.